The number of hydrogen-bond acceptors (Lipinski definition) is 2. The molecule has 0 radical (unpaired) electrons. The quantitative estimate of drug-likeness (QED) is 0.652. The Morgan fingerprint density at radius 3 is 2.62 bits per heavy atom. The van der Waals surface area contributed by atoms with Gasteiger partial charge in [0.2, 0.25) is 5.95 Å². The van der Waals surface area contributed by atoms with Crippen molar-refractivity contribution in [2.75, 3.05) is 5.32 Å². The largest absolute Gasteiger partial charge is 0.326 e. The van der Waals surface area contributed by atoms with Gasteiger partial charge in [-0.05, 0) is 32.4 Å². The topological polar surface area (TPSA) is 29.9 Å². The van der Waals surface area contributed by atoms with Crippen LogP contribution in [0, 0.1) is 6.92 Å². The van der Waals surface area contributed by atoms with Gasteiger partial charge in [0.25, 0.3) is 0 Å². The molecule has 0 aliphatic heterocycles. The number of hydrogen-bond donors (Lipinski definition) is 1. The summed E-state index contributed by atoms with van der Waals surface area (Å²) in [5.74, 6) is 0.946. The summed E-state index contributed by atoms with van der Waals surface area (Å²) in [6.07, 6.45) is 8.60. The molecule has 2 rings (SSSR count). The number of aromatic nitrogens is 2. The summed E-state index contributed by atoms with van der Waals surface area (Å²) in [5, 5.41) is 3.43. The van der Waals surface area contributed by atoms with Crippen molar-refractivity contribution in [3.8, 4) is 0 Å². The fourth-order valence-electron chi connectivity index (χ4n) is 2.60. The molecule has 0 amide bonds. The molecule has 1 aromatic heterocycles. The van der Waals surface area contributed by atoms with Crippen molar-refractivity contribution < 1.29 is 0 Å². The molecule has 2 aromatic rings. The van der Waals surface area contributed by atoms with E-state index < -0.39 is 0 Å². The van der Waals surface area contributed by atoms with Gasteiger partial charge in [-0.1, -0.05) is 50.8 Å². The first-order chi connectivity index (χ1) is 10.2. The average molecular weight is 285 g/mol. The van der Waals surface area contributed by atoms with Crippen molar-refractivity contribution in [3.63, 3.8) is 0 Å². The van der Waals surface area contributed by atoms with E-state index in [1.807, 2.05) is 18.2 Å². The van der Waals surface area contributed by atoms with E-state index in [-0.39, 0.29) is 0 Å². The predicted octanol–water partition coefficient (Wildman–Crippen LogP) is 5.47. The summed E-state index contributed by atoms with van der Waals surface area (Å²) in [6, 6.07) is 10.7. The number of benzene rings is 1. The van der Waals surface area contributed by atoms with Crippen LogP contribution in [-0.4, -0.2) is 9.55 Å². The number of rotatable bonds is 8. The lowest BCUT2D eigenvalue weighted by molar-refractivity contribution is 0.476. The van der Waals surface area contributed by atoms with Crippen molar-refractivity contribution in [1.82, 2.24) is 9.55 Å². The molecule has 1 unspecified atom stereocenters. The van der Waals surface area contributed by atoms with Gasteiger partial charge in [-0.15, -0.1) is 0 Å². The highest BCUT2D eigenvalue weighted by Crippen LogP contribution is 2.23. The second-order valence-corrected chi connectivity index (χ2v) is 5.80. The molecule has 3 nitrogen and oxygen atoms in total. The molecule has 1 aromatic carbocycles. The Labute approximate surface area is 128 Å². The van der Waals surface area contributed by atoms with E-state index >= 15 is 0 Å². The van der Waals surface area contributed by atoms with Crippen LogP contribution in [0.25, 0.3) is 0 Å². The van der Waals surface area contributed by atoms with Gasteiger partial charge in [0.1, 0.15) is 0 Å². The summed E-state index contributed by atoms with van der Waals surface area (Å²) in [6.45, 7) is 6.59. The third-order valence-electron chi connectivity index (χ3n) is 3.83. The minimum Gasteiger partial charge on any atom is -0.326 e. The fraction of sp³-hybridized carbons (Fsp3) is 0.500. The second-order valence-electron chi connectivity index (χ2n) is 5.80. The van der Waals surface area contributed by atoms with E-state index in [4.69, 9.17) is 0 Å². The number of imidazole rings is 1. The summed E-state index contributed by atoms with van der Waals surface area (Å²) < 4.78 is 2.27. The van der Waals surface area contributed by atoms with Crippen LogP contribution in [-0.2, 0) is 0 Å². The zero-order valence-corrected chi connectivity index (χ0v) is 13.5. The number of anilines is 2. The fourth-order valence-corrected chi connectivity index (χ4v) is 2.60. The second kappa shape index (κ2) is 7.87. The van der Waals surface area contributed by atoms with Crippen LogP contribution in [0.3, 0.4) is 0 Å². The average Bonchev–Trinajstić information content (AvgIpc) is 2.85. The Balaban J connectivity index is 2.02. The van der Waals surface area contributed by atoms with E-state index in [2.05, 4.69) is 54.0 Å². The number of para-hydroxylation sites is 1. The minimum absolute atomic E-state index is 0.481. The van der Waals surface area contributed by atoms with Gasteiger partial charge in [0.05, 0.1) is 5.69 Å². The number of unbranched alkanes of at least 4 members (excludes halogenated alkanes) is 3. The van der Waals surface area contributed by atoms with Crippen LogP contribution in [0.1, 0.15) is 57.7 Å². The van der Waals surface area contributed by atoms with Gasteiger partial charge in [-0.2, -0.15) is 0 Å². The summed E-state index contributed by atoms with van der Waals surface area (Å²) in [4.78, 5) is 4.62. The van der Waals surface area contributed by atoms with Gasteiger partial charge < -0.3 is 9.88 Å². The molecule has 114 valence electrons. The molecular formula is C18H27N3. The molecule has 3 heteroatoms. The highest BCUT2D eigenvalue weighted by molar-refractivity contribution is 5.53. The van der Waals surface area contributed by atoms with Crippen LogP contribution in [0.15, 0.2) is 36.5 Å². The lowest BCUT2D eigenvalue weighted by atomic mass is 10.1. The van der Waals surface area contributed by atoms with Crippen LogP contribution in [0.4, 0.5) is 11.6 Å². The molecule has 0 aliphatic carbocycles. The maximum Gasteiger partial charge on any atom is 0.207 e. The number of nitrogens with zero attached hydrogens (tertiary/aromatic N) is 2. The molecular weight excluding hydrogens is 258 g/mol. The molecule has 1 N–H and O–H groups in total. The first kappa shape index (κ1) is 15.6. The Kier molecular flexibility index (Phi) is 5.85. The SMILES string of the molecule is CCCCCCC(C)n1cc(C)nc1Nc1ccccc1. The standard InChI is InChI=1S/C18H27N3/c1-4-5-6-8-11-16(3)21-14-15(2)19-18(21)20-17-12-9-7-10-13-17/h7,9-10,12-14,16H,4-6,8,11H2,1-3H3,(H,19,20). The predicted molar refractivity (Wildman–Crippen MR) is 90.2 cm³/mol. The van der Waals surface area contributed by atoms with Crippen LogP contribution >= 0.6 is 0 Å². The molecule has 21 heavy (non-hydrogen) atoms. The minimum atomic E-state index is 0.481. The summed E-state index contributed by atoms with van der Waals surface area (Å²) in [5.41, 5.74) is 2.15. The first-order valence-electron chi connectivity index (χ1n) is 8.08. The van der Waals surface area contributed by atoms with Crippen LogP contribution < -0.4 is 5.32 Å². The van der Waals surface area contributed by atoms with E-state index in [1.54, 1.807) is 0 Å². The lowest BCUT2D eigenvalue weighted by Crippen LogP contribution is -2.08. The zero-order valence-electron chi connectivity index (χ0n) is 13.5. The highest BCUT2D eigenvalue weighted by atomic mass is 15.2. The molecule has 0 saturated carbocycles. The smallest absolute Gasteiger partial charge is 0.207 e. The normalized spacial score (nSPS) is 12.3. The van der Waals surface area contributed by atoms with E-state index in [0.29, 0.717) is 6.04 Å². The van der Waals surface area contributed by atoms with Crippen LogP contribution in [0.5, 0.6) is 0 Å². The zero-order chi connectivity index (χ0) is 15.1. The molecule has 0 spiro atoms. The molecule has 0 fully saturated rings. The third kappa shape index (κ3) is 4.62. The Morgan fingerprint density at radius 2 is 1.90 bits per heavy atom. The number of aryl methyl sites for hydroxylation is 1. The van der Waals surface area contributed by atoms with Crippen molar-refractivity contribution in [2.24, 2.45) is 0 Å². The summed E-state index contributed by atoms with van der Waals surface area (Å²) >= 11 is 0. The lowest BCUT2D eigenvalue weighted by Gasteiger charge is -2.17. The Bertz CT molecular complexity index is 531. The van der Waals surface area contributed by atoms with Crippen molar-refractivity contribution >= 4 is 11.6 Å². The third-order valence-corrected chi connectivity index (χ3v) is 3.83. The first-order valence-corrected chi connectivity index (χ1v) is 8.08. The van der Waals surface area contributed by atoms with Gasteiger partial charge in [-0.3, -0.25) is 0 Å². The van der Waals surface area contributed by atoms with E-state index in [1.165, 1.54) is 32.1 Å². The maximum atomic E-state index is 4.62. The summed E-state index contributed by atoms with van der Waals surface area (Å²) in [7, 11) is 0. The van der Waals surface area contributed by atoms with Crippen molar-refractivity contribution in [2.45, 2.75) is 58.9 Å². The molecule has 0 bridgehead atoms. The van der Waals surface area contributed by atoms with E-state index in [0.717, 1.165) is 17.3 Å². The van der Waals surface area contributed by atoms with Crippen molar-refractivity contribution in [3.05, 3.63) is 42.2 Å². The van der Waals surface area contributed by atoms with Gasteiger partial charge in [-0.25, -0.2) is 4.98 Å². The molecule has 1 atom stereocenters. The van der Waals surface area contributed by atoms with Gasteiger partial charge in [0, 0.05) is 17.9 Å². The van der Waals surface area contributed by atoms with Gasteiger partial charge >= 0.3 is 0 Å². The van der Waals surface area contributed by atoms with Crippen LogP contribution in [0.2, 0.25) is 0 Å². The molecule has 0 saturated heterocycles. The monoisotopic (exact) mass is 285 g/mol. The Morgan fingerprint density at radius 1 is 1.14 bits per heavy atom. The van der Waals surface area contributed by atoms with E-state index in [9.17, 15) is 0 Å². The highest BCUT2D eigenvalue weighted by Gasteiger charge is 2.11. The number of nitrogens with one attached hydrogen (secondary N) is 1. The van der Waals surface area contributed by atoms with Gasteiger partial charge in [0.15, 0.2) is 0 Å². The molecule has 1 heterocycles. The maximum absolute atomic E-state index is 4.62. The Hall–Kier alpha value is -1.77. The molecule has 0 aliphatic rings. The van der Waals surface area contributed by atoms with Crippen molar-refractivity contribution in [1.29, 1.82) is 0 Å².